The number of hydrogen-bond acceptors (Lipinski definition) is 1. The van der Waals surface area contributed by atoms with E-state index in [0.29, 0.717) is 0 Å². The smallest absolute Gasteiger partial charge is 0.0883 e. The maximum absolute atomic E-state index is 3.44. The minimum Gasteiger partial charge on any atom is -0.375 e. The fourth-order valence-corrected chi connectivity index (χ4v) is 1.65. The Labute approximate surface area is 74.9 Å². The van der Waals surface area contributed by atoms with Gasteiger partial charge in [0.1, 0.15) is 0 Å². The minimum atomic E-state index is 1.00. The van der Waals surface area contributed by atoms with Crippen LogP contribution in [0.3, 0.4) is 0 Å². The van der Waals surface area contributed by atoms with Gasteiger partial charge in [-0.1, -0.05) is 15.9 Å². The van der Waals surface area contributed by atoms with Crippen molar-refractivity contribution in [2.45, 2.75) is 12.8 Å². The van der Waals surface area contributed by atoms with Crippen LogP contribution in [0, 0.1) is 6.54 Å². The number of rotatable bonds is 0. The summed E-state index contributed by atoms with van der Waals surface area (Å²) in [4.78, 5) is 0. The zero-order chi connectivity index (χ0) is 7.68. The van der Waals surface area contributed by atoms with Crippen molar-refractivity contribution in [1.29, 1.82) is 0 Å². The fourth-order valence-electron chi connectivity index (χ4n) is 1.25. The van der Waals surface area contributed by atoms with Gasteiger partial charge < -0.3 is 5.32 Å². The topological polar surface area (TPSA) is 12.0 Å². The Morgan fingerprint density at radius 3 is 3.27 bits per heavy atom. The lowest BCUT2D eigenvalue weighted by molar-refractivity contribution is 0.908. The lowest BCUT2D eigenvalue weighted by atomic mass is 10.0. The van der Waals surface area contributed by atoms with Crippen LogP contribution in [0.15, 0.2) is 22.7 Å². The van der Waals surface area contributed by atoms with Crippen molar-refractivity contribution >= 4 is 21.6 Å². The standard InChI is InChI=1S/C9H8BrN/c10-8-3-4-9-7(6-8)2-1-5-11-9/h3-4,6,11H,1-2H2. The van der Waals surface area contributed by atoms with E-state index in [2.05, 4.69) is 39.9 Å². The van der Waals surface area contributed by atoms with Gasteiger partial charge in [0, 0.05) is 10.2 Å². The molecule has 1 aliphatic heterocycles. The molecule has 0 saturated carbocycles. The van der Waals surface area contributed by atoms with Gasteiger partial charge in [-0.25, -0.2) is 0 Å². The Balaban J connectivity index is 2.43. The number of benzene rings is 1. The lowest BCUT2D eigenvalue weighted by Gasteiger charge is -2.16. The third-order valence-corrected chi connectivity index (χ3v) is 2.30. The third kappa shape index (κ3) is 1.41. The number of hydrogen-bond donors (Lipinski definition) is 1. The molecule has 56 valence electrons. The van der Waals surface area contributed by atoms with Crippen LogP contribution in [0.2, 0.25) is 0 Å². The van der Waals surface area contributed by atoms with Gasteiger partial charge in [-0.15, -0.1) is 0 Å². The van der Waals surface area contributed by atoms with Crippen molar-refractivity contribution in [2.75, 3.05) is 5.32 Å². The Morgan fingerprint density at radius 2 is 2.36 bits per heavy atom. The first kappa shape index (κ1) is 7.17. The zero-order valence-corrected chi connectivity index (χ0v) is 7.61. The molecule has 0 fully saturated rings. The molecule has 0 aromatic heterocycles. The van der Waals surface area contributed by atoms with Crippen molar-refractivity contribution in [3.05, 3.63) is 34.8 Å². The molecule has 0 atom stereocenters. The predicted molar refractivity (Wildman–Crippen MR) is 49.3 cm³/mol. The lowest BCUT2D eigenvalue weighted by Crippen LogP contribution is -2.06. The number of aryl methyl sites for hydroxylation is 1. The summed E-state index contributed by atoms with van der Waals surface area (Å²) in [5, 5.41) is 3.12. The van der Waals surface area contributed by atoms with E-state index in [0.717, 1.165) is 17.3 Å². The molecule has 0 spiro atoms. The highest BCUT2D eigenvalue weighted by atomic mass is 79.9. The normalized spacial score (nSPS) is 15.4. The molecule has 1 aromatic carbocycles. The summed E-state index contributed by atoms with van der Waals surface area (Å²) < 4.78 is 1.15. The summed E-state index contributed by atoms with van der Waals surface area (Å²) in [6, 6.07) is 6.27. The van der Waals surface area contributed by atoms with E-state index < -0.39 is 0 Å². The number of nitrogens with one attached hydrogen (secondary N) is 1. The molecule has 0 saturated heterocycles. The van der Waals surface area contributed by atoms with Gasteiger partial charge in [0.15, 0.2) is 0 Å². The van der Waals surface area contributed by atoms with E-state index in [1.165, 1.54) is 11.3 Å². The first-order valence-corrected chi connectivity index (χ1v) is 4.43. The highest BCUT2D eigenvalue weighted by Gasteiger charge is 2.07. The number of fused-ring (bicyclic) bond motifs is 1. The van der Waals surface area contributed by atoms with Crippen LogP contribution in [-0.2, 0) is 6.42 Å². The Bertz CT molecular complexity index is 270. The van der Waals surface area contributed by atoms with Crippen LogP contribution in [0.1, 0.15) is 12.0 Å². The molecule has 2 heteroatoms. The van der Waals surface area contributed by atoms with Gasteiger partial charge in [-0.2, -0.15) is 0 Å². The molecule has 1 N–H and O–H groups in total. The summed E-state index contributed by atoms with van der Waals surface area (Å²) in [6.07, 6.45) is 2.10. The highest BCUT2D eigenvalue weighted by Crippen LogP contribution is 2.26. The minimum absolute atomic E-state index is 1.00. The summed E-state index contributed by atoms with van der Waals surface area (Å²) >= 11 is 3.44. The second kappa shape index (κ2) is 2.86. The Kier molecular flexibility index (Phi) is 1.86. The first-order chi connectivity index (χ1) is 5.36. The maximum atomic E-state index is 3.44. The second-order valence-corrected chi connectivity index (χ2v) is 3.52. The van der Waals surface area contributed by atoms with Crippen molar-refractivity contribution in [3.63, 3.8) is 0 Å². The molecule has 0 aliphatic carbocycles. The van der Waals surface area contributed by atoms with Gasteiger partial charge in [-0.05, 0) is 36.6 Å². The van der Waals surface area contributed by atoms with Crippen molar-refractivity contribution < 1.29 is 0 Å². The maximum Gasteiger partial charge on any atom is 0.0883 e. The second-order valence-electron chi connectivity index (χ2n) is 2.60. The van der Waals surface area contributed by atoms with Crippen LogP contribution in [0.25, 0.3) is 0 Å². The molecule has 0 bridgehead atoms. The first-order valence-electron chi connectivity index (χ1n) is 3.63. The molecule has 1 heterocycles. The predicted octanol–water partition coefficient (Wildman–Crippen LogP) is 2.85. The monoisotopic (exact) mass is 209 g/mol. The zero-order valence-electron chi connectivity index (χ0n) is 6.02. The molecular formula is C9H8BrN. The summed E-state index contributed by atoms with van der Waals surface area (Å²) in [5.41, 5.74) is 2.57. The SMILES string of the molecule is Brc1ccc2c(c1)CC[C]N2. The molecule has 1 nitrogen and oxygen atoms in total. The Morgan fingerprint density at radius 1 is 1.45 bits per heavy atom. The number of halogens is 1. The fraction of sp³-hybridized carbons (Fsp3) is 0.222. The quantitative estimate of drug-likeness (QED) is 0.694. The molecule has 2 rings (SSSR count). The summed E-state index contributed by atoms with van der Waals surface area (Å²) in [5.74, 6) is 0. The molecule has 2 radical (unpaired) electrons. The molecule has 1 aliphatic rings. The highest BCUT2D eigenvalue weighted by molar-refractivity contribution is 9.10. The van der Waals surface area contributed by atoms with Crippen LogP contribution in [0.5, 0.6) is 0 Å². The van der Waals surface area contributed by atoms with Crippen molar-refractivity contribution in [1.82, 2.24) is 0 Å². The van der Waals surface area contributed by atoms with E-state index >= 15 is 0 Å². The van der Waals surface area contributed by atoms with Crippen LogP contribution in [0.4, 0.5) is 5.69 Å². The third-order valence-electron chi connectivity index (χ3n) is 1.81. The average molecular weight is 210 g/mol. The van der Waals surface area contributed by atoms with Gasteiger partial charge >= 0.3 is 0 Å². The van der Waals surface area contributed by atoms with Crippen molar-refractivity contribution in [2.24, 2.45) is 0 Å². The largest absolute Gasteiger partial charge is 0.375 e. The van der Waals surface area contributed by atoms with Gasteiger partial charge in [-0.3, -0.25) is 0 Å². The van der Waals surface area contributed by atoms with Crippen LogP contribution >= 0.6 is 15.9 Å². The van der Waals surface area contributed by atoms with Gasteiger partial charge in [0.2, 0.25) is 0 Å². The average Bonchev–Trinajstić information content (AvgIpc) is 2.04. The van der Waals surface area contributed by atoms with E-state index in [1.807, 2.05) is 6.07 Å². The van der Waals surface area contributed by atoms with Crippen LogP contribution in [-0.4, -0.2) is 0 Å². The van der Waals surface area contributed by atoms with E-state index in [1.54, 1.807) is 0 Å². The summed E-state index contributed by atoms with van der Waals surface area (Å²) in [7, 11) is 0. The Hall–Kier alpha value is -0.500. The van der Waals surface area contributed by atoms with E-state index in [-0.39, 0.29) is 0 Å². The van der Waals surface area contributed by atoms with Gasteiger partial charge in [0.05, 0.1) is 6.54 Å². The number of anilines is 1. The summed E-state index contributed by atoms with van der Waals surface area (Å²) in [6.45, 7) is 3.10. The molecular weight excluding hydrogens is 202 g/mol. The van der Waals surface area contributed by atoms with E-state index in [4.69, 9.17) is 0 Å². The van der Waals surface area contributed by atoms with Gasteiger partial charge in [0.25, 0.3) is 0 Å². The molecule has 11 heavy (non-hydrogen) atoms. The van der Waals surface area contributed by atoms with Crippen LogP contribution < -0.4 is 5.32 Å². The van der Waals surface area contributed by atoms with E-state index in [9.17, 15) is 0 Å². The molecule has 0 unspecified atom stereocenters. The molecule has 0 amide bonds. The molecule has 1 aromatic rings. The van der Waals surface area contributed by atoms with Crippen molar-refractivity contribution in [3.8, 4) is 0 Å².